The average Bonchev–Trinajstić information content (AvgIpc) is 2.98. The molecule has 0 unspecified atom stereocenters. The number of rotatable bonds is 2. The van der Waals surface area contributed by atoms with E-state index in [0.29, 0.717) is 6.04 Å². The average molecular weight is 231 g/mol. The second kappa shape index (κ2) is 4.31. The smallest absolute Gasteiger partial charge is 0.161 e. The SMILES string of the molecule is Cn1cc(-c2ncnn2C2CCCCC2)cn1. The highest BCUT2D eigenvalue weighted by atomic mass is 15.4. The molecule has 1 saturated carbocycles. The van der Waals surface area contributed by atoms with Gasteiger partial charge < -0.3 is 0 Å². The van der Waals surface area contributed by atoms with Gasteiger partial charge in [-0.25, -0.2) is 9.67 Å². The summed E-state index contributed by atoms with van der Waals surface area (Å²) in [5.74, 6) is 0.949. The van der Waals surface area contributed by atoms with Gasteiger partial charge in [-0.1, -0.05) is 19.3 Å². The monoisotopic (exact) mass is 231 g/mol. The van der Waals surface area contributed by atoms with Crippen LogP contribution in [-0.4, -0.2) is 24.5 Å². The second-order valence-electron chi connectivity index (χ2n) is 4.72. The van der Waals surface area contributed by atoms with Gasteiger partial charge in [0, 0.05) is 13.2 Å². The van der Waals surface area contributed by atoms with Gasteiger partial charge in [0.1, 0.15) is 6.33 Å². The largest absolute Gasteiger partial charge is 0.275 e. The van der Waals surface area contributed by atoms with Gasteiger partial charge in [0.25, 0.3) is 0 Å². The zero-order chi connectivity index (χ0) is 11.7. The Morgan fingerprint density at radius 1 is 1.18 bits per heavy atom. The van der Waals surface area contributed by atoms with Crippen LogP contribution in [0.5, 0.6) is 0 Å². The molecule has 0 amide bonds. The van der Waals surface area contributed by atoms with Crippen molar-refractivity contribution >= 4 is 0 Å². The van der Waals surface area contributed by atoms with Crippen molar-refractivity contribution in [2.75, 3.05) is 0 Å². The van der Waals surface area contributed by atoms with Crippen LogP contribution in [0.2, 0.25) is 0 Å². The Morgan fingerprint density at radius 2 is 2.00 bits per heavy atom. The second-order valence-corrected chi connectivity index (χ2v) is 4.72. The van der Waals surface area contributed by atoms with E-state index in [1.165, 1.54) is 32.1 Å². The highest BCUT2D eigenvalue weighted by Crippen LogP contribution is 2.30. The van der Waals surface area contributed by atoms with Gasteiger partial charge in [0.15, 0.2) is 5.82 Å². The molecule has 3 rings (SSSR count). The minimum Gasteiger partial charge on any atom is -0.275 e. The first kappa shape index (κ1) is 10.5. The number of hydrogen-bond donors (Lipinski definition) is 0. The number of aromatic nitrogens is 5. The molecule has 2 aromatic heterocycles. The summed E-state index contributed by atoms with van der Waals surface area (Å²) >= 11 is 0. The Morgan fingerprint density at radius 3 is 2.71 bits per heavy atom. The van der Waals surface area contributed by atoms with Gasteiger partial charge in [-0.3, -0.25) is 4.68 Å². The van der Waals surface area contributed by atoms with Crippen molar-refractivity contribution in [1.82, 2.24) is 24.5 Å². The van der Waals surface area contributed by atoms with Crippen molar-refractivity contribution < 1.29 is 0 Å². The van der Waals surface area contributed by atoms with E-state index in [-0.39, 0.29) is 0 Å². The molecular formula is C12H17N5. The molecule has 0 atom stereocenters. The molecule has 0 bridgehead atoms. The van der Waals surface area contributed by atoms with Gasteiger partial charge in [-0.15, -0.1) is 0 Å². The van der Waals surface area contributed by atoms with Gasteiger partial charge >= 0.3 is 0 Å². The van der Waals surface area contributed by atoms with Crippen molar-refractivity contribution in [3.05, 3.63) is 18.7 Å². The van der Waals surface area contributed by atoms with Crippen molar-refractivity contribution in [3.63, 3.8) is 0 Å². The third-order valence-electron chi connectivity index (χ3n) is 3.46. The summed E-state index contributed by atoms with van der Waals surface area (Å²) < 4.78 is 3.88. The van der Waals surface area contributed by atoms with E-state index in [2.05, 4.69) is 19.9 Å². The zero-order valence-electron chi connectivity index (χ0n) is 10.1. The predicted octanol–water partition coefficient (Wildman–Crippen LogP) is 2.18. The fourth-order valence-electron chi connectivity index (χ4n) is 2.59. The summed E-state index contributed by atoms with van der Waals surface area (Å²) in [5.41, 5.74) is 1.05. The van der Waals surface area contributed by atoms with Crippen molar-refractivity contribution in [2.24, 2.45) is 7.05 Å². The van der Waals surface area contributed by atoms with Gasteiger partial charge in [0.2, 0.25) is 0 Å². The van der Waals surface area contributed by atoms with E-state index >= 15 is 0 Å². The first-order chi connectivity index (χ1) is 8.34. The molecule has 90 valence electrons. The standard InChI is InChI=1S/C12H17N5/c1-16-8-10(7-14-16)12-13-9-15-17(12)11-5-3-2-4-6-11/h7-9,11H,2-6H2,1H3. The lowest BCUT2D eigenvalue weighted by molar-refractivity contribution is 0.332. The summed E-state index contributed by atoms with van der Waals surface area (Å²) in [7, 11) is 1.92. The first-order valence-corrected chi connectivity index (χ1v) is 6.23. The molecule has 0 aromatic carbocycles. The summed E-state index contributed by atoms with van der Waals surface area (Å²) in [6.45, 7) is 0. The lowest BCUT2D eigenvalue weighted by Crippen LogP contribution is -2.15. The highest BCUT2D eigenvalue weighted by molar-refractivity contribution is 5.52. The molecule has 1 aliphatic carbocycles. The van der Waals surface area contributed by atoms with Crippen molar-refractivity contribution in [3.8, 4) is 11.4 Å². The quantitative estimate of drug-likeness (QED) is 0.796. The fraction of sp³-hybridized carbons (Fsp3) is 0.583. The molecular weight excluding hydrogens is 214 g/mol. The molecule has 2 aromatic rings. The molecule has 2 heterocycles. The van der Waals surface area contributed by atoms with Crippen LogP contribution >= 0.6 is 0 Å². The molecule has 5 heteroatoms. The normalized spacial score (nSPS) is 17.5. The Balaban J connectivity index is 1.93. The molecule has 0 spiro atoms. The summed E-state index contributed by atoms with van der Waals surface area (Å²) in [6, 6.07) is 0.515. The topological polar surface area (TPSA) is 48.5 Å². The molecule has 1 fully saturated rings. The molecule has 0 aliphatic heterocycles. The van der Waals surface area contributed by atoms with Gasteiger partial charge in [-0.2, -0.15) is 10.2 Å². The maximum absolute atomic E-state index is 4.39. The predicted molar refractivity (Wildman–Crippen MR) is 64.3 cm³/mol. The van der Waals surface area contributed by atoms with E-state index in [1.54, 1.807) is 11.0 Å². The Hall–Kier alpha value is -1.65. The van der Waals surface area contributed by atoms with Crippen LogP contribution in [0.15, 0.2) is 18.7 Å². The lowest BCUT2D eigenvalue weighted by Gasteiger charge is -2.22. The molecule has 5 nitrogen and oxygen atoms in total. The van der Waals surface area contributed by atoms with Crippen LogP contribution < -0.4 is 0 Å². The van der Waals surface area contributed by atoms with E-state index in [9.17, 15) is 0 Å². The molecule has 0 radical (unpaired) electrons. The maximum atomic E-state index is 4.39. The third-order valence-corrected chi connectivity index (χ3v) is 3.46. The van der Waals surface area contributed by atoms with Gasteiger partial charge in [-0.05, 0) is 12.8 Å². The summed E-state index contributed by atoms with van der Waals surface area (Å²) in [6.07, 6.45) is 11.9. The van der Waals surface area contributed by atoms with Crippen LogP contribution in [-0.2, 0) is 7.05 Å². The highest BCUT2D eigenvalue weighted by Gasteiger charge is 2.20. The molecule has 0 N–H and O–H groups in total. The zero-order valence-corrected chi connectivity index (χ0v) is 10.1. The van der Waals surface area contributed by atoms with E-state index in [4.69, 9.17) is 0 Å². The Bertz CT molecular complexity index is 492. The van der Waals surface area contributed by atoms with Crippen LogP contribution in [0.3, 0.4) is 0 Å². The number of aryl methyl sites for hydroxylation is 1. The van der Waals surface area contributed by atoms with Crippen LogP contribution in [0.4, 0.5) is 0 Å². The Labute approximate surface area is 100 Å². The minimum atomic E-state index is 0.515. The van der Waals surface area contributed by atoms with Gasteiger partial charge in [0.05, 0.1) is 17.8 Å². The molecule has 0 saturated heterocycles. The fourth-order valence-corrected chi connectivity index (χ4v) is 2.59. The number of hydrogen-bond acceptors (Lipinski definition) is 3. The third kappa shape index (κ3) is 1.97. The van der Waals surface area contributed by atoms with Crippen LogP contribution in [0.1, 0.15) is 38.1 Å². The summed E-state index contributed by atoms with van der Waals surface area (Å²) in [5, 5.41) is 8.59. The van der Waals surface area contributed by atoms with E-state index < -0.39 is 0 Å². The molecule has 17 heavy (non-hydrogen) atoms. The van der Waals surface area contributed by atoms with E-state index in [0.717, 1.165) is 11.4 Å². The minimum absolute atomic E-state index is 0.515. The van der Waals surface area contributed by atoms with Crippen molar-refractivity contribution in [2.45, 2.75) is 38.1 Å². The van der Waals surface area contributed by atoms with Crippen LogP contribution in [0.25, 0.3) is 11.4 Å². The van der Waals surface area contributed by atoms with Crippen molar-refractivity contribution in [1.29, 1.82) is 0 Å². The Kier molecular flexibility index (Phi) is 2.66. The molecule has 1 aliphatic rings. The maximum Gasteiger partial charge on any atom is 0.161 e. The first-order valence-electron chi connectivity index (χ1n) is 6.23. The van der Waals surface area contributed by atoms with Crippen LogP contribution in [0, 0.1) is 0 Å². The number of nitrogens with zero attached hydrogens (tertiary/aromatic N) is 5. The lowest BCUT2D eigenvalue weighted by atomic mass is 9.95. The van der Waals surface area contributed by atoms with E-state index in [1.807, 2.05) is 19.4 Å². The summed E-state index contributed by atoms with van der Waals surface area (Å²) in [4.78, 5) is 4.37.